The third-order valence-electron chi connectivity index (χ3n) is 2.15. The van der Waals surface area contributed by atoms with Crippen LogP contribution in [0.3, 0.4) is 0 Å². The van der Waals surface area contributed by atoms with Gasteiger partial charge in [0.05, 0.1) is 11.3 Å². The molecule has 1 nitrogen and oxygen atoms in total. The van der Waals surface area contributed by atoms with E-state index in [0.717, 1.165) is 0 Å². The fourth-order valence-electron chi connectivity index (χ4n) is 1.32. The van der Waals surface area contributed by atoms with Crippen LogP contribution in [0.2, 0.25) is 0 Å². The van der Waals surface area contributed by atoms with Crippen LogP contribution in [0.25, 0.3) is 16.7 Å². The molecule has 0 amide bonds. The van der Waals surface area contributed by atoms with Gasteiger partial charge < -0.3 is 0 Å². The lowest BCUT2D eigenvalue weighted by molar-refractivity contribution is -0.0689. The van der Waals surface area contributed by atoms with Crippen LogP contribution in [0.15, 0.2) is 30.4 Å². The Bertz CT molecular complexity index is 535. The SMILES string of the molecule is C=Cc1c(C(=C)Cl)cc(Br)nc1C(=C)C(F)(F)F. The van der Waals surface area contributed by atoms with Crippen molar-refractivity contribution >= 4 is 44.2 Å². The van der Waals surface area contributed by atoms with Crippen molar-refractivity contribution < 1.29 is 13.2 Å². The van der Waals surface area contributed by atoms with Crippen LogP contribution in [0.1, 0.15) is 16.8 Å². The van der Waals surface area contributed by atoms with E-state index in [9.17, 15) is 13.2 Å². The Balaban J connectivity index is 3.58. The molecule has 0 unspecified atom stereocenters. The van der Waals surface area contributed by atoms with Gasteiger partial charge in [0.2, 0.25) is 0 Å². The summed E-state index contributed by atoms with van der Waals surface area (Å²) in [5.41, 5.74) is -0.893. The summed E-state index contributed by atoms with van der Waals surface area (Å²) >= 11 is 8.77. The highest BCUT2D eigenvalue weighted by atomic mass is 79.9. The molecule has 1 aromatic rings. The van der Waals surface area contributed by atoms with Crippen LogP contribution in [-0.4, -0.2) is 11.2 Å². The summed E-state index contributed by atoms with van der Waals surface area (Å²) in [6.07, 6.45) is -3.33. The van der Waals surface area contributed by atoms with Gasteiger partial charge in [-0.2, -0.15) is 13.2 Å². The summed E-state index contributed by atoms with van der Waals surface area (Å²) in [5.74, 6) is 0. The Labute approximate surface area is 116 Å². The summed E-state index contributed by atoms with van der Waals surface area (Å²) in [6, 6.07) is 1.47. The van der Waals surface area contributed by atoms with Gasteiger partial charge in [-0.1, -0.05) is 37.4 Å². The van der Waals surface area contributed by atoms with Gasteiger partial charge in [0, 0.05) is 16.2 Å². The molecule has 0 aromatic carbocycles. The van der Waals surface area contributed by atoms with E-state index in [1.165, 1.54) is 12.1 Å². The number of aromatic nitrogens is 1. The van der Waals surface area contributed by atoms with Crippen molar-refractivity contribution in [3.63, 3.8) is 0 Å². The van der Waals surface area contributed by atoms with Crippen LogP contribution in [-0.2, 0) is 0 Å². The van der Waals surface area contributed by atoms with Crippen LogP contribution in [0, 0.1) is 0 Å². The first kappa shape index (κ1) is 15.0. The van der Waals surface area contributed by atoms with E-state index in [1.54, 1.807) is 0 Å². The zero-order valence-corrected chi connectivity index (χ0v) is 11.5. The van der Waals surface area contributed by atoms with Gasteiger partial charge in [-0.25, -0.2) is 4.98 Å². The predicted octanol–water partition coefficient (Wildman–Crippen LogP) is 5.27. The van der Waals surface area contributed by atoms with Crippen molar-refractivity contribution in [2.45, 2.75) is 6.18 Å². The fraction of sp³-hybridized carbons (Fsp3) is 0.0833. The summed E-state index contributed by atoms with van der Waals surface area (Å²) in [4.78, 5) is 3.78. The smallest absolute Gasteiger partial charge is 0.240 e. The minimum atomic E-state index is -4.57. The standard InChI is InChI=1S/C12H8BrClF3N/c1-4-8-9(7(3)14)5-10(13)18-11(8)6(2)12(15,16)17/h4-5H,1-3H2. The first-order valence-corrected chi connectivity index (χ1v) is 5.79. The van der Waals surface area contributed by atoms with Crippen molar-refractivity contribution in [2.24, 2.45) is 0 Å². The number of nitrogens with zero attached hydrogens (tertiary/aromatic N) is 1. The second-order valence-electron chi connectivity index (χ2n) is 3.34. The van der Waals surface area contributed by atoms with E-state index < -0.39 is 11.7 Å². The zero-order valence-electron chi connectivity index (χ0n) is 9.11. The van der Waals surface area contributed by atoms with Gasteiger partial charge in [0.25, 0.3) is 0 Å². The Hall–Kier alpha value is -1.07. The third-order valence-corrected chi connectivity index (χ3v) is 2.76. The maximum atomic E-state index is 12.7. The van der Waals surface area contributed by atoms with Crippen molar-refractivity contribution in [3.05, 3.63) is 47.2 Å². The molecule has 1 heterocycles. The first-order valence-electron chi connectivity index (χ1n) is 4.62. The highest BCUT2D eigenvalue weighted by Crippen LogP contribution is 2.37. The zero-order chi connectivity index (χ0) is 14.1. The van der Waals surface area contributed by atoms with Crippen molar-refractivity contribution in [2.75, 3.05) is 0 Å². The highest BCUT2D eigenvalue weighted by Gasteiger charge is 2.35. The van der Waals surface area contributed by atoms with Crippen molar-refractivity contribution in [1.29, 1.82) is 0 Å². The first-order chi connectivity index (χ1) is 8.18. The molecular weight excluding hydrogens is 330 g/mol. The molecule has 0 bridgehead atoms. The number of hydrogen-bond acceptors (Lipinski definition) is 1. The summed E-state index contributed by atoms with van der Waals surface area (Å²) in [5, 5.41) is 0.101. The molecule has 0 fully saturated rings. The Kier molecular flexibility index (Phi) is 4.40. The average molecular weight is 339 g/mol. The molecule has 1 aromatic heterocycles. The van der Waals surface area contributed by atoms with E-state index in [1.807, 2.05) is 0 Å². The molecule has 0 aliphatic heterocycles. The van der Waals surface area contributed by atoms with Gasteiger partial charge in [-0.15, -0.1) is 0 Å². The molecular formula is C12H8BrClF3N. The topological polar surface area (TPSA) is 12.9 Å². The van der Waals surface area contributed by atoms with Gasteiger partial charge in [-0.05, 0) is 22.0 Å². The fourth-order valence-corrected chi connectivity index (χ4v) is 1.88. The Morgan fingerprint density at radius 2 is 1.94 bits per heavy atom. The molecule has 6 heteroatoms. The summed E-state index contributed by atoms with van der Waals surface area (Å²) in [6.45, 7) is 9.98. The second-order valence-corrected chi connectivity index (χ2v) is 4.61. The monoisotopic (exact) mass is 337 g/mol. The van der Waals surface area contributed by atoms with Crippen LogP contribution in [0.5, 0.6) is 0 Å². The number of hydrogen-bond donors (Lipinski definition) is 0. The molecule has 0 aliphatic rings. The molecule has 0 N–H and O–H groups in total. The molecule has 18 heavy (non-hydrogen) atoms. The maximum absolute atomic E-state index is 12.7. The van der Waals surface area contributed by atoms with E-state index in [0.29, 0.717) is 5.56 Å². The second kappa shape index (κ2) is 5.28. The lowest BCUT2D eigenvalue weighted by atomic mass is 10.0. The molecule has 1 rings (SSSR count). The van der Waals surface area contributed by atoms with E-state index in [4.69, 9.17) is 11.6 Å². The van der Waals surface area contributed by atoms with E-state index >= 15 is 0 Å². The number of alkyl halides is 3. The van der Waals surface area contributed by atoms with Crippen LogP contribution < -0.4 is 0 Å². The van der Waals surface area contributed by atoms with Crippen LogP contribution >= 0.6 is 27.5 Å². The van der Waals surface area contributed by atoms with E-state index in [-0.39, 0.29) is 20.9 Å². The maximum Gasteiger partial charge on any atom is 0.417 e. The van der Waals surface area contributed by atoms with Crippen molar-refractivity contribution in [3.8, 4) is 0 Å². The molecule has 0 atom stereocenters. The molecule has 0 radical (unpaired) electrons. The number of halogens is 5. The van der Waals surface area contributed by atoms with Gasteiger partial charge in [-0.3, -0.25) is 0 Å². The van der Waals surface area contributed by atoms with Gasteiger partial charge in [0.1, 0.15) is 4.60 Å². The number of rotatable bonds is 3. The minimum absolute atomic E-state index is 0.101. The predicted molar refractivity (Wildman–Crippen MR) is 72.0 cm³/mol. The lowest BCUT2D eigenvalue weighted by Crippen LogP contribution is -2.12. The molecule has 0 spiro atoms. The normalized spacial score (nSPS) is 11.2. The molecule has 0 saturated carbocycles. The van der Waals surface area contributed by atoms with Gasteiger partial charge >= 0.3 is 6.18 Å². The lowest BCUT2D eigenvalue weighted by Gasteiger charge is -2.15. The average Bonchev–Trinajstić information content (AvgIpc) is 2.25. The number of pyridine rings is 1. The molecule has 96 valence electrons. The summed E-state index contributed by atoms with van der Waals surface area (Å²) < 4.78 is 38.2. The molecule has 0 aliphatic carbocycles. The van der Waals surface area contributed by atoms with Gasteiger partial charge in [0.15, 0.2) is 0 Å². The van der Waals surface area contributed by atoms with Crippen molar-refractivity contribution in [1.82, 2.24) is 4.98 Å². The number of allylic oxidation sites excluding steroid dienone is 1. The summed E-state index contributed by atoms with van der Waals surface area (Å²) in [7, 11) is 0. The third kappa shape index (κ3) is 3.03. The quantitative estimate of drug-likeness (QED) is 0.684. The highest BCUT2D eigenvalue weighted by molar-refractivity contribution is 9.10. The van der Waals surface area contributed by atoms with Crippen LogP contribution in [0.4, 0.5) is 13.2 Å². The largest absolute Gasteiger partial charge is 0.417 e. The molecule has 0 saturated heterocycles. The Morgan fingerprint density at radius 3 is 2.33 bits per heavy atom. The minimum Gasteiger partial charge on any atom is -0.240 e. The Morgan fingerprint density at radius 1 is 1.39 bits per heavy atom. The van der Waals surface area contributed by atoms with E-state index in [2.05, 4.69) is 40.7 Å².